The molecule has 0 unspecified atom stereocenters. The Labute approximate surface area is 186 Å². The SMILES string of the molecule is Cc1ccc(C(C)C)c(OCc2cn(CCCOc3ccc4ccc(=O)oc4c3)nn2)c1. The summed E-state index contributed by atoms with van der Waals surface area (Å²) in [5, 5.41) is 9.25. The number of hydrogen-bond donors (Lipinski definition) is 0. The molecule has 0 N–H and O–H groups in total. The summed E-state index contributed by atoms with van der Waals surface area (Å²) >= 11 is 0. The minimum atomic E-state index is -0.372. The quantitative estimate of drug-likeness (QED) is 0.277. The lowest BCUT2D eigenvalue weighted by Crippen LogP contribution is -2.05. The number of benzene rings is 2. The second-order valence-electron chi connectivity index (χ2n) is 8.11. The van der Waals surface area contributed by atoms with Gasteiger partial charge in [-0.05, 0) is 48.2 Å². The Kier molecular flexibility index (Phi) is 6.54. The standard InChI is InChI=1S/C25H27N3O4/c1-17(2)22-9-5-18(3)13-24(22)31-16-20-15-28(27-26-20)11-4-12-30-21-8-6-19-7-10-25(29)32-23(19)14-21/h5-10,13-15,17H,4,11-12,16H2,1-3H3. The lowest BCUT2D eigenvalue weighted by molar-refractivity contribution is 0.296. The van der Waals surface area contributed by atoms with E-state index in [2.05, 4.69) is 49.3 Å². The van der Waals surface area contributed by atoms with Crippen LogP contribution in [0.5, 0.6) is 11.5 Å². The van der Waals surface area contributed by atoms with Crippen LogP contribution in [-0.4, -0.2) is 21.6 Å². The van der Waals surface area contributed by atoms with E-state index >= 15 is 0 Å². The van der Waals surface area contributed by atoms with Gasteiger partial charge in [-0.1, -0.05) is 31.2 Å². The molecule has 0 saturated carbocycles. The maximum atomic E-state index is 11.4. The minimum absolute atomic E-state index is 0.372. The van der Waals surface area contributed by atoms with Crippen LogP contribution in [0, 0.1) is 6.92 Å². The maximum absolute atomic E-state index is 11.4. The first-order valence-corrected chi connectivity index (χ1v) is 10.8. The van der Waals surface area contributed by atoms with Crippen molar-refractivity contribution in [3.63, 3.8) is 0 Å². The lowest BCUT2D eigenvalue weighted by atomic mass is 10.0. The van der Waals surface area contributed by atoms with E-state index in [1.807, 2.05) is 18.3 Å². The van der Waals surface area contributed by atoms with Crippen molar-refractivity contribution in [2.24, 2.45) is 0 Å². The summed E-state index contributed by atoms with van der Waals surface area (Å²) in [6.45, 7) is 7.94. The van der Waals surface area contributed by atoms with Gasteiger partial charge in [0, 0.05) is 30.5 Å². The van der Waals surface area contributed by atoms with Crippen molar-refractivity contribution >= 4 is 11.0 Å². The fourth-order valence-corrected chi connectivity index (χ4v) is 3.46. The van der Waals surface area contributed by atoms with Gasteiger partial charge in [-0.25, -0.2) is 4.79 Å². The maximum Gasteiger partial charge on any atom is 0.336 e. The second-order valence-corrected chi connectivity index (χ2v) is 8.11. The lowest BCUT2D eigenvalue weighted by Gasteiger charge is -2.14. The van der Waals surface area contributed by atoms with Crippen LogP contribution in [0.25, 0.3) is 11.0 Å². The molecule has 0 aliphatic carbocycles. The van der Waals surface area contributed by atoms with Gasteiger partial charge in [-0.2, -0.15) is 0 Å². The number of rotatable bonds is 9. The van der Waals surface area contributed by atoms with Crippen molar-refractivity contribution in [3.8, 4) is 11.5 Å². The van der Waals surface area contributed by atoms with Crippen LogP contribution in [0.1, 0.15) is 43.0 Å². The second kappa shape index (κ2) is 9.68. The van der Waals surface area contributed by atoms with Gasteiger partial charge in [-0.15, -0.1) is 5.10 Å². The molecule has 7 heteroatoms. The molecule has 166 valence electrons. The van der Waals surface area contributed by atoms with E-state index < -0.39 is 0 Å². The van der Waals surface area contributed by atoms with Gasteiger partial charge < -0.3 is 13.9 Å². The number of aryl methyl sites for hydroxylation is 2. The van der Waals surface area contributed by atoms with E-state index in [4.69, 9.17) is 13.9 Å². The molecule has 0 bridgehead atoms. The topological polar surface area (TPSA) is 79.4 Å². The zero-order valence-corrected chi connectivity index (χ0v) is 18.6. The Morgan fingerprint density at radius 1 is 1.06 bits per heavy atom. The molecule has 32 heavy (non-hydrogen) atoms. The zero-order chi connectivity index (χ0) is 22.5. The smallest absolute Gasteiger partial charge is 0.336 e. The van der Waals surface area contributed by atoms with Gasteiger partial charge in [0.2, 0.25) is 0 Å². The number of aromatic nitrogens is 3. The van der Waals surface area contributed by atoms with Crippen molar-refractivity contribution < 1.29 is 13.9 Å². The molecule has 0 radical (unpaired) electrons. The highest BCUT2D eigenvalue weighted by Gasteiger charge is 2.10. The number of hydrogen-bond acceptors (Lipinski definition) is 6. The molecule has 0 atom stereocenters. The van der Waals surface area contributed by atoms with Crippen molar-refractivity contribution in [1.29, 1.82) is 0 Å². The van der Waals surface area contributed by atoms with Crippen LogP contribution in [0.4, 0.5) is 0 Å². The van der Waals surface area contributed by atoms with Crippen LogP contribution >= 0.6 is 0 Å². The average molecular weight is 434 g/mol. The van der Waals surface area contributed by atoms with E-state index in [1.54, 1.807) is 16.8 Å². The number of fused-ring (bicyclic) bond motifs is 1. The van der Waals surface area contributed by atoms with Crippen molar-refractivity contribution in [3.05, 3.63) is 82.0 Å². The summed E-state index contributed by atoms with van der Waals surface area (Å²) in [4.78, 5) is 11.4. The third kappa shape index (κ3) is 5.35. The average Bonchev–Trinajstić information content (AvgIpc) is 3.22. The van der Waals surface area contributed by atoms with Gasteiger partial charge in [-0.3, -0.25) is 4.68 Å². The van der Waals surface area contributed by atoms with Crippen LogP contribution < -0.4 is 15.1 Å². The third-order valence-electron chi connectivity index (χ3n) is 5.15. The van der Waals surface area contributed by atoms with E-state index in [0.717, 1.165) is 23.3 Å². The van der Waals surface area contributed by atoms with Gasteiger partial charge in [0.1, 0.15) is 29.4 Å². The number of ether oxygens (including phenoxy) is 2. The Bertz CT molecular complexity index is 1260. The summed E-state index contributed by atoms with van der Waals surface area (Å²) in [5.74, 6) is 1.95. The first kappa shape index (κ1) is 21.6. The molecule has 4 aromatic rings. The van der Waals surface area contributed by atoms with Crippen LogP contribution in [0.3, 0.4) is 0 Å². The molecule has 2 aromatic heterocycles. The summed E-state index contributed by atoms with van der Waals surface area (Å²) in [7, 11) is 0. The van der Waals surface area contributed by atoms with Crippen LogP contribution in [0.2, 0.25) is 0 Å². The summed E-state index contributed by atoms with van der Waals surface area (Å²) < 4.78 is 18.8. The first-order valence-electron chi connectivity index (χ1n) is 10.8. The molecule has 0 fully saturated rings. The molecule has 4 rings (SSSR count). The molecule has 0 aliphatic rings. The molecule has 0 aliphatic heterocycles. The monoisotopic (exact) mass is 433 g/mol. The molecule has 0 spiro atoms. The normalized spacial score (nSPS) is 11.2. The van der Waals surface area contributed by atoms with Crippen molar-refractivity contribution in [1.82, 2.24) is 15.0 Å². The predicted molar refractivity (Wildman–Crippen MR) is 122 cm³/mol. The Balaban J connectivity index is 1.27. The van der Waals surface area contributed by atoms with Crippen LogP contribution in [0.15, 0.2) is 63.9 Å². The van der Waals surface area contributed by atoms with E-state index in [9.17, 15) is 4.79 Å². The molecule has 0 amide bonds. The Morgan fingerprint density at radius 2 is 1.91 bits per heavy atom. The highest BCUT2D eigenvalue weighted by atomic mass is 16.5. The summed E-state index contributed by atoms with van der Waals surface area (Å²) in [6, 6.07) is 14.9. The third-order valence-corrected chi connectivity index (χ3v) is 5.15. The molecule has 7 nitrogen and oxygen atoms in total. The molecular formula is C25H27N3O4. The van der Waals surface area contributed by atoms with E-state index in [-0.39, 0.29) is 5.63 Å². The highest BCUT2D eigenvalue weighted by molar-refractivity contribution is 5.77. The van der Waals surface area contributed by atoms with E-state index in [1.165, 1.54) is 17.2 Å². The molecule has 2 heterocycles. The number of nitrogens with zero attached hydrogens (tertiary/aromatic N) is 3. The predicted octanol–water partition coefficient (Wildman–Crippen LogP) is 4.86. The summed E-state index contributed by atoms with van der Waals surface area (Å²) in [6.07, 6.45) is 2.66. The minimum Gasteiger partial charge on any atom is -0.493 e. The Hall–Kier alpha value is -3.61. The fraction of sp³-hybridized carbons (Fsp3) is 0.320. The summed E-state index contributed by atoms with van der Waals surface area (Å²) in [5.41, 5.74) is 3.29. The first-order chi connectivity index (χ1) is 15.5. The molecular weight excluding hydrogens is 406 g/mol. The highest BCUT2D eigenvalue weighted by Crippen LogP contribution is 2.28. The zero-order valence-electron chi connectivity index (χ0n) is 18.6. The molecule has 2 aromatic carbocycles. The Morgan fingerprint density at radius 3 is 2.75 bits per heavy atom. The van der Waals surface area contributed by atoms with E-state index in [0.29, 0.717) is 37.0 Å². The van der Waals surface area contributed by atoms with Gasteiger partial charge in [0.25, 0.3) is 0 Å². The van der Waals surface area contributed by atoms with Gasteiger partial charge in [0.15, 0.2) is 0 Å². The van der Waals surface area contributed by atoms with Gasteiger partial charge >= 0.3 is 5.63 Å². The van der Waals surface area contributed by atoms with Crippen LogP contribution in [-0.2, 0) is 13.2 Å². The fourth-order valence-electron chi connectivity index (χ4n) is 3.46. The van der Waals surface area contributed by atoms with Crippen molar-refractivity contribution in [2.75, 3.05) is 6.61 Å². The van der Waals surface area contributed by atoms with Crippen molar-refractivity contribution in [2.45, 2.75) is 46.3 Å². The molecule has 0 saturated heterocycles. The van der Waals surface area contributed by atoms with Gasteiger partial charge in [0.05, 0.1) is 12.8 Å². The largest absolute Gasteiger partial charge is 0.493 e.